The zero-order chi connectivity index (χ0) is 18.8. The Balaban J connectivity index is 2.20. The molecule has 0 radical (unpaired) electrons. The summed E-state index contributed by atoms with van der Waals surface area (Å²) in [5.41, 5.74) is 2.30. The summed E-state index contributed by atoms with van der Waals surface area (Å²) in [5, 5.41) is 11.2. The van der Waals surface area contributed by atoms with Crippen LogP contribution >= 0.6 is 0 Å². The topological polar surface area (TPSA) is 63.6 Å². The molecule has 0 fully saturated rings. The van der Waals surface area contributed by atoms with Gasteiger partial charge in [-0.2, -0.15) is 0 Å². The molecule has 0 aliphatic heterocycles. The Bertz CT molecular complexity index is 854. The number of fused-ring (bicyclic) bond motifs is 2. The Hall–Kier alpha value is -2.62. The first-order chi connectivity index (χ1) is 12.5. The van der Waals surface area contributed by atoms with E-state index in [1.807, 2.05) is 32.1 Å². The second-order valence-corrected chi connectivity index (χ2v) is 6.89. The van der Waals surface area contributed by atoms with E-state index in [0.29, 0.717) is 0 Å². The van der Waals surface area contributed by atoms with E-state index in [0.717, 1.165) is 29.2 Å². The number of allylic oxidation sites excluding steroid dienone is 1. The summed E-state index contributed by atoms with van der Waals surface area (Å²) >= 11 is 0. The lowest BCUT2D eigenvalue weighted by Crippen LogP contribution is -2.39. The molecule has 4 nitrogen and oxygen atoms in total. The number of carbonyl (C=O) groups excluding carboxylic acids is 1. The Morgan fingerprint density at radius 1 is 1.12 bits per heavy atom. The lowest BCUT2D eigenvalue weighted by Gasteiger charge is -2.42. The second kappa shape index (κ2) is 7.32. The third kappa shape index (κ3) is 3.00. The quantitative estimate of drug-likeness (QED) is 0.449. The average Bonchev–Trinajstić information content (AvgIpc) is 2.63. The largest absolute Gasteiger partial charge is 0.513 e. The highest BCUT2D eigenvalue weighted by Gasteiger charge is 2.45. The first-order valence-corrected chi connectivity index (χ1v) is 9.11. The van der Waals surface area contributed by atoms with E-state index in [2.05, 4.69) is 35.6 Å². The third-order valence-corrected chi connectivity index (χ3v) is 5.69. The molecule has 0 aromatic heterocycles. The van der Waals surface area contributed by atoms with E-state index in [9.17, 15) is 9.59 Å². The molecule has 0 amide bonds. The lowest BCUT2D eigenvalue weighted by atomic mass is 9.62. The fourth-order valence-corrected chi connectivity index (χ4v) is 4.61. The van der Waals surface area contributed by atoms with E-state index in [-0.39, 0.29) is 17.8 Å². The maximum absolute atomic E-state index is 12.6. The van der Waals surface area contributed by atoms with Crippen molar-refractivity contribution in [2.45, 2.75) is 38.5 Å². The zero-order valence-corrected chi connectivity index (χ0v) is 15.1. The van der Waals surface area contributed by atoms with Crippen LogP contribution in [0.5, 0.6) is 0 Å². The third-order valence-electron chi connectivity index (χ3n) is 5.69. The number of benzene rings is 2. The summed E-state index contributed by atoms with van der Waals surface area (Å²) in [4.78, 5) is 23.6. The van der Waals surface area contributed by atoms with Crippen LogP contribution in [0, 0.1) is 11.8 Å². The van der Waals surface area contributed by atoms with Gasteiger partial charge in [-0.25, -0.2) is 4.79 Å². The maximum atomic E-state index is 12.6. The van der Waals surface area contributed by atoms with Gasteiger partial charge in [0, 0.05) is 5.92 Å². The number of ether oxygens (including phenoxy) is 1. The van der Waals surface area contributed by atoms with Gasteiger partial charge in [0.1, 0.15) is 0 Å². The van der Waals surface area contributed by atoms with Crippen LogP contribution in [0.1, 0.15) is 49.7 Å². The molecule has 4 heteroatoms. The summed E-state index contributed by atoms with van der Waals surface area (Å²) < 4.78 is 4.59. The van der Waals surface area contributed by atoms with E-state index < -0.39 is 18.0 Å². The van der Waals surface area contributed by atoms with Crippen molar-refractivity contribution in [3.63, 3.8) is 0 Å². The second-order valence-electron chi connectivity index (χ2n) is 6.89. The van der Waals surface area contributed by atoms with Gasteiger partial charge in [0.15, 0.2) is 0 Å². The van der Waals surface area contributed by atoms with E-state index >= 15 is 0 Å². The fraction of sp³-hybridized carbons (Fsp3) is 0.364. The van der Waals surface area contributed by atoms with Crippen molar-refractivity contribution in [2.24, 2.45) is 11.8 Å². The lowest BCUT2D eigenvalue weighted by molar-refractivity contribution is -0.147. The summed E-state index contributed by atoms with van der Waals surface area (Å²) in [6, 6.07) is 12.5. The van der Waals surface area contributed by atoms with Crippen molar-refractivity contribution >= 4 is 22.9 Å². The maximum Gasteiger partial charge on any atom is 0.513 e. The minimum Gasteiger partial charge on any atom is -0.449 e. The van der Waals surface area contributed by atoms with Crippen molar-refractivity contribution < 1.29 is 19.4 Å². The molecule has 4 atom stereocenters. The van der Waals surface area contributed by atoms with Crippen molar-refractivity contribution in [3.05, 3.63) is 60.2 Å². The molecule has 1 aliphatic rings. The highest BCUT2D eigenvalue weighted by atomic mass is 16.7. The predicted octanol–water partition coefficient (Wildman–Crippen LogP) is 5.48. The van der Waals surface area contributed by atoms with Gasteiger partial charge in [0.25, 0.3) is 0 Å². The molecule has 0 saturated carbocycles. The van der Waals surface area contributed by atoms with Crippen molar-refractivity contribution in [3.8, 4) is 0 Å². The monoisotopic (exact) mass is 352 g/mol. The molecule has 0 bridgehead atoms. The highest BCUT2D eigenvalue weighted by Crippen LogP contribution is 2.51. The normalized spacial score (nSPS) is 24.7. The van der Waals surface area contributed by atoms with Crippen LogP contribution in [-0.2, 0) is 9.53 Å². The number of rotatable bonds is 4. The van der Waals surface area contributed by atoms with E-state index in [1.165, 1.54) is 5.56 Å². The van der Waals surface area contributed by atoms with Gasteiger partial charge in [-0.3, -0.25) is 4.79 Å². The molecule has 2 aromatic carbocycles. The molecule has 1 N–H and O–H groups in total. The SMILES string of the molecule is C=CC1c2cc3ccccc3cc2C(CC)C(C(=O)OC(=O)O)C1CC. The average molecular weight is 352 g/mol. The molecule has 4 unspecified atom stereocenters. The van der Waals surface area contributed by atoms with Crippen LogP contribution in [0.4, 0.5) is 4.79 Å². The molecular formula is C22H24O4. The summed E-state index contributed by atoms with van der Waals surface area (Å²) in [5.74, 6) is -1.24. The predicted molar refractivity (Wildman–Crippen MR) is 101 cm³/mol. The Morgan fingerprint density at radius 2 is 1.73 bits per heavy atom. The van der Waals surface area contributed by atoms with Crippen molar-refractivity contribution in [1.82, 2.24) is 0 Å². The highest BCUT2D eigenvalue weighted by molar-refractivity contribution is 5.87. The molecule has 0 heterocycles. The van der Waals surface area contributed by atoms with Crippen molar-refractivity contribution in [2.75, 3.05) is 0 Å². The number of hydrogen-bond acceptors (Lipinski definition) is 3. The van der Waals surface area contributed by atoms with Crippen LogP contribution in [0.25, 0.3) is 10.8 Å². The van der Waals surface area contributed by atoms with Gasteiger partial charge in [0.05, 0.1) is 5.92 Å². The first-order valence-electron chi connectivity index (χ1n) is 9.11. The van der Waals surface area contributed by atoms with Crippen LogP contribution in [-0.4, -0.2) is 17.2 Å². The number of carboxylic acid groups (broad SMARTS) is 1. The van der Waals surface area contributed by atoms with Gasteiger partial charge in [-0.1, -0.05) is 62.7 Å². The molecule has 3 rings (SSSR count). The van der Waals surface area contributed by atoms with Gasteiger partial charge in [-0.15, -0.1) is 6.58 Å². The zero-order valence-electron chi connectivity index (χ0n) is 15.1. The van der Waals surface area contributed by atoms with Crippen LogP contribution in [0.15, 0.2) is 49.1 Å². The van der Waals surface area contributed by atoms with E-state index in [4.69, 9.17) is 5.11 Å². The van der Waals surface area contributed by atoms with Gasteiger partial charge < -0.3 is 9.84 Å². The smallest absolute Gasteiger partial charge is 0.449 e. The van der Waals surface area contributed by atoms with Crippen LogP contribution < -0.4 is 0 Å². The van der Waals surface area contributed by atoms with Crippen molar-refractivity contribution in [1.29, 1.82) is 0 Å². The molecular weight excluding hydrogens is 328 g/mol. The summed E-state index contributed by atoms with van der Waals surface area (Å²) in [7, 11) is 0. The van der Waals surface area contributed by atoms with Gasteiger partial charge >= 0.3 is 12.1 Å². The van der Waals surface area contributed by atoms with Gasteiger partial charge in [-0.05, 0) is 40.2 Å². The van der Waals surface area contributed by atoms with Crippen LogP contribution in [0.3, 0.4) is 0 Å². The fourth-order valence-electron chi connectivity index (χ4n) is 4.61. The van der Waals surface area contributed by atoms with Crippen LogP contribution in [0.2, 0.25) is 0 Å². The van der Waals surface area contributed by atoms with Gasteiger partial charge in [0.2, 0.25) is 0 Å². The first kappa shape index (κ1) is 18.2. The summed E-state index contributed by atoms with van der Waals surface area (Å²) in [6.45, 7) is 8.06. The molecule has 136 valence electrons. The minimum absolute atomic E-state index is 0.00579. The molecule has 26 heavy (non-hydrogen) atoms. The summed E-state index contributed by atoms with van der Waals surface area (Å²) in [6.07, 6.45) is 1.83. The Kier molecular flexibility index (Phi) is 5.12. The molecule has 0 spiro atoms. The number of carbonyl (C=O) groups is 2. The minimum atomic E-state index is -1.54. The number of hydrogen-bond donors (Lipinski definition) is 1. The Morgan fingerprint density at radius 3 is 2.23 bits per heavy atom. The molecule has 2 aromatic rings. The molecule has 1 aliphatic carbocycles. The number of esters is 1. The van der Waals surface area contributed by atoms with E-state index in [1.54, 1.807) is 0 Å². The standard InChI is InChI=1S/C22H24O4/c1-4-15-16(5-2)20(21(23)26-22(24)25)17(6-3)19-12-14-10-8-7-9-13(14)11-18(15)19/h4,7-12,15-17,20H,1,5-6H2,2-3H3,(H,24,25). The Labute approximate surface area is 153 Å². The molecule has 0 saturated heterocycles.